The van der Waals surface area contributed by atoms with Crippen molar-refractivity contribution in [2.75, 3.05) is 62.7 Å². The van der Waals surface area contributed by atoms with E-state index in [9.17, 15) is 0 Å². The van der Waals surface area contributed by atoms with E-state index in [0.717, 1.165) is 91.7 Å². The highest BCUT2D eigenvalue weighted by Gasteiger charge is 2.14. The summed E-state index contributed by atoms with van der Waals surface area (Å²) in [6, 6.07) is 14.0. The van der Waals surface area contributed by atoms with Crippen LogP contribution < -0.4 is 25.6 Å². The summed E-state index contributed by atoms with van der Waals surface area (Å²) in [5.41, 5.74) is 3.44. The van der Waals surface area contributed by atoms with Crippen LogP contribution in [-0.4, -0.2) is 78.5 Å². The molecule has 0 saturated carbocycles. The molecule has 10 heteroatoms. The number of morpholine rings is 1. The highest BCUT2D eigenvalue weighted by atomic mass is 16.5. The number of ether oxygens (including phenoxy) is 2. The van der Waals surface area contributed by atoms with E-state index in [0.29, 0.717) is 12.6 Å². The predicted octanol–water partition coefficient (Wildman–Crippen LogP) is 3.00. The van der Waals surface area contributed by atoms with Crippen LogP contribution >= 0.6 is 0 Å². The number of anilines is 3. The summed E-state index contributed by atoms with van der Waals surface area (Å²) in [7, 11) is 0. The predicted molar refractivity (Wildman–Crippen MR) is 148 cm³/mol. The SMILES string of the molecule is c1cc(-c2ccc(OCCC3CNCCO3)cn2)c2nc(Nc3ccc(N4CCNCC4)nc3)ncc2c1. The molecule has 3 N–H and O–H groups in total. The normalized spacial score (nSPS) is 17.9. The van der Waals surface area contributed by atoms with Crippen LogP contribution in [0.4, 0.5) is 17.5 Å². The van der Waals surface area contributed by atoms with E-state index >= 15 is 0 Å². The molecule has 2 aliphatic heterocycles. The molecule has 0 bridgehead atoms. The van der Waals surface area contributed by atoms with Crippen LogP contribution in [0, 0.1) is 0 Å². The van der Waals surface area contributed by atoms with Crippen molar-refractivity contribution >= 4 is 28.4 Å². The minimum atomic E-state index is 0.204. The van der Waals surface area contributed by atoms with Gasteiger partial charge < -0.3 is 30.3 Å². The summed E-state index contributed by atoms with van der Waals surface area (Å²) in [4.78, 5) is 20.9. The van der Waals surface area contributed by atoms with E-state index in [2.05, 4.69) is 35.8 Å². The lowest BCUT2D eigenvalue weighted by atomic mass is 10.1. The van der Waals surface area contributed by atoms with Gasteiger partial charge >= 0.3 is 0 Å². The van der Waals surface area contributed by atoms with Gasteiger partial charge in [-0.05, 0) is 24.3 Å². The summed E-state index contributed by atoms with van der Waals surface area (Å²) in [5.74, 6) is 2.24. The molecule has 5 heterocycles. The lowest BCUT2D eigenvalue weighted by Crippen LogP contribution is -2.43. The monoisotopic (exact) mass is 512 g/mol. The fourth-order valence-electron chi connectivity index (χ4n) is 4.73. The standard InChI is InChI=1S/C28H32N8O2/c1-2-20-16-33-28(34-21-4-7-26(32-17-21)36-12-9-29-10-13-36)35-27(20)24(3-1)25-6-5-22(19-31-25)37-14-8-23-18-30-11-15-38-23/h1-7,16-17,19,23,29-30H,8-15,18H2,(H,33,34,35). The van der Waals surface area contributed by atoms with Crippen LogP contribution in [0.2, 0.25) is 0 Å². The van der Waals surface area contributed by atoms with Gasteiger partial charge in [0.25, 0.3) is 0 Å². The number of nitrogens with one attached hydrogen (secondary N) is 3. The molecule has 2 fully saturated rings. The molecule has 1 unspecified atom stereocenters. The van der Waals surface area contributed by atoms with Crippen molar-refractivity contribution in [3.63, 3.8) is 0 Å². The summed E-state index contributed by atoms with van der Waals surface area (Å²) >= 11 is 0. The van der Waals surface area contributed by atoms with Gasteiger partial charge in [-0.2, -0.15) is 0 Å². The number of piperazine rings is 1. The fraction of sp³-hybridized carbons (Fsp3) is 0.357. The Morgan fingerprint density at radius 3 is 2.68 bits per heavy atom. The number of nitrogens with zero attached hydrogens (tertiary/aromatic N) is 5. The third-order valence-electron chi connectivity index (χ3n) is 6.78. The smallest absolute Gasteiger partial charge is 0.227 e. The van der Waals surface area contributed by atoms with E-state index in [1.165, 1.54) is 0 Å². The van der Waals surface area contributed by atoms with Crippen molar-refractivity contribution in [2.24, 2.45) is 0 Å². The Bertz CT molecular complexity index is 1340. The minimum Gasteiger partial charge on any atom is -0.492 e. The van der Waals surface area contributed by atoms with E-state index in [1.54, 1.807) is 6.20 Å². The molecule has 38 heavy (non-hydrogen) atoms. The first-order chi connectivity index (χ1) is 18.8. The van der Waals surface area contributed by atoms with Crippen LogP contribution in [0.3, 0.4) is 0 Å². The second-order valence-electron chi connectivity index (χ2n) is 9.42. The van der Waals surface area contributed by atoms with Crippen molar-refractivity contribution in [1.29, 1.82) is 0 Å². The lowest BCUT2D eigenvalue weighted by molar-refractivity contribution is 0.0159. The van der Waals surface area contributed by atoms with Crippen LogP contribution in [0.25, 0.3) is 22.2 Å². The van der Waals surface area contributed by atoms with Gasteiger partial charge in [0.1, 0.15) is 11.6 Å². The van der Waals surface area contributed by atoms with Gasteiger partial charge in [0.2, 0.25) is 5.95 Å². The Morgan fingerprint density at radius 2 is 1.89 bits per heavy atom. The maximum Gasteiger partial charge on any atom is 0.227 e. The first kappa shape index (κ1) is 24.5. The molecule has 1 atom stereocenters. The zero-order valence-corrected chi connectivity index (χ0v) is 21.3. The maximum atomic E-state index is 5.90. The third kappa shape index (κ3) is 5.83. The van der Waals surface area contributed by atoms with Crippen molar-refractivity contribution in [1.82, 2.24) is 30.6 Å². The molecule has 1 aromatic carbocycles. The second kappa shape index (κ2) is 11.7. The van der Waals surface area contributed by atoms with Gasteiger partial charge in [0.05, 0.1) is 48.6 Å². The van der Waals surface area contributed by atoms with Crippen molar-refractivity contribution < 1.29 is 9.47 Å². The molecule has 0 radical (unpaired) electrons. The molecule has 2 aliphatic rings. The molecule has 0 amide bonds. The van der Waals surface area contributed by atoms with Crippen LogP contribution in [0.5, 0.6) is 5.75 Å². The number of benzene rings is 1. The Hall–Kier alpha value is -3.86. The average Bonchev–Trinajstić information content (AvgIpc) is 2.99. The molecule has 3 aromatic heterocycles. The van der Waals surface area contributed by atoms with Crippen LogP contribution in [-0.2, 0) is 4.74 Å². The Morgan fingerprint density at radius 1 is 0.947 bits per heavy atom. The lowest BCUT2D eigenvalue weighted by Gasteiger charge is -2.28. The number of hydrogen-bond acceptors (Lipinski definition) is 10. The topological polar surface area (TPSA) is 109 Å². The summed E-state index contributed by atoms with van der Waals surface area (Å²) < 4.78 is 11.6. The average molecular weight is 513 g/mol. The van der Waals surface area contributed by atoms with Gasteiger partial charge in [-0.15, -0.1) is 0 Å². The van der Waals surface area contributed by atoms with Gasteiger partial charge in [0.15, 0.2) is 0 Å². The largest absolute Gasteiger partial charge is 0.492 e. The molecule has 0 spiro atoms. The Labute approximate surface area is 221 Å². The Balaban J connectivity index is 1.14. The number of pyridine rings is 2. The van der Waals surface area contributed by atoms with E-state index in [4.69, 9.17) is 14.5 Å². The zero-order chi connectivity index (χ0) is 25.6. The van der Waals surface area contributed by atoms with Crippen LogP contribution in [0.1, 0.15) is 6.42 Å². The van der Waals surface area contributed by atoms with Crippen molar-refractivity contribution in [3.05, 3.63) is 61.1 Å². The van der Waals surface area contributed by atoms with Gasteiger partial charge in [-0.1, -0.05) is 18.2 Å². The quantitative estimate of drug-likeness (QED) is 0.326. The van der Waals surface area contributed by atoms with E-state index in [1.807, 2.05) is 54.9 Å². The zero-order valence-electron chi connectivity index (χ0n) is 21.3. The molecule has 4 aromatic rings. The van der Waals surface area contributed by atoms with Gasteiger partial charge in [-0.25, -0.2) is 15.0 Å². The fourth-order valence-corrected chi connectivity index (χ4v) is 4.73. The molecule has 10 nitrogen and oxygen atoms in total. The summed E-state index contributed by atoms with van der Waals surface area (Å²) in [6.07, 6.45) is 6.47. The van der Waals surface area contributed by atoms with Crippen LogP contribution in [0.15, 0.2) is 61.1 Å². The van der Waals surface area contributed by atoms with Crippen molar-refractivity contribution in [3.8, 4) is 17.0 Å². The van der Waals surface area contributed by atoms with Gasteiger partial charge in [0, 0.05) is 62.8 Å². The van der Waals surface area contributed by atoms with Crippen molar-refractivity contribution in [2.45, 2.75) is 12.5 Å². The molecular formula is C28H32N8O2. The third-order valence-corrected chi connectivity index (χ3v) is 6.78. The molecule has 6 rings (SSSR count). The van der Waals surface area contributed by atoms with E-state index in [-0.39, 0.29) is 6.10 Å². The Kier molecular flexibility index (Phi) is 7.52. The number of fused-ring (bicyclic) bond motifs is 1. The highest BCUT2D eigenvalue weighted by molar-refractivity contribution is 5.93. The maximum absolute atomic E-state index is 5.90. The first-order valence-electron chi connectivity index (χ1n) is 13.2. The van der Waals surface area contributed by atoms with E-state index < -0.39 is 0 Å². The number of aromatic nitrogens is 4. The minimum absolute atomic E-state index is 0.204. The molecule has 2 saturated heterocycles. The summed E-state index contributed by atoms with van der Waals surface area (Å²) in [6.45, 7) is 7.02. The number of rotatable bonds is 8. The van der Waals surface area contributed by atoms with Gasteiger partial charge in [-0.3, -0.25) is 4.98 Å². The molecular weight excluding hydrogens is 480 g/mol. The summed E-state index contributed by atoms with van der Waals surface area (Å²) in [5, 5.41) is 10.9. The first-order valence-corrected chi connectivity index (χ1v) is 13.2. The highest BCUT2D eigenvalue weighted by Crippen LogP contribution is 2.28. The second-order valence-corrected chi connectivity index (χ2v) is 9.42. The number of hydrogen-bond donors (Lipinski definition) is 3. The number of para-hydroxylation sites is 1. The molecule has 196 valence electrons. The molecule has 0 aliphatic carbocycles.